The zero-order chi connectivity index (χ0) is 44.5. The van der Waals surface area contributed by atoms with Gasteiger partial charge in [-0.2, -0.15) is 0 Å². The van der Waals surface area contributed by atoms with Crippen molar-refractivity contribution < 1.29 is 0 Å². The Bertz CT molecular complexity index is 3580. The van der Waals surface area contributed by atoms with Gasteiger partial charge in [0.05, 0.1) is 0 Å². The van der Waals surface area contributed by atoms with E-state index in [0.717, 1.165) is 6.42 Å². The summed E-state index contributed by atoms with van der Waals surface area (Å²) < 4.78 is 0. The van der Waals surface area contributed by atoms with E-state index in [2.05, 4.69) is 267 Å². The summed E-state index contributed by atoms with van der Waals surface area (Å²) in [6.45, 7) is 0. The van der Waals surface area contributed by atoms with E-state index in [9.17, 15) is 0 Å². The first-order valence-electron chi connectivity index (χ1n) is 23.3. The van der Waals surface area contributed by atoms with Crippen molar-refractivity contribution in [3.63, 3.8) is 0 Å². The maximum Gasteiger partial charge on any atom is -0.000150 e. The average molecular weight is 851 g/mol. The van der Waals surface area contributed by atoms with Gasteiger partial charge in [-0.25, -0.2) is 0 Å². The highest BCUT2D eigenvalue weighted by Crippen LogP contribution is 2.53. The Morgan fingerprint density at radius 1 is 0.224 bits per heavy atom. The van der Waals surface area contributed by atoms with Gasteiger partial charge in [0.15, 0.2) is 0 Å². The molecule has 314 valence electrons. The zero-order valence-corrected chi connectivity index (χ0v) is 37.1. The SMILES string of the molecule is C1=CC(c2ccccc2)=CC=C(c2c3ccccc3c(-c3ccc(-c4ccccc4)cc3)c3c(-c4ccc(-c5ccccc5)cc4)c4ccccc4c(-c4ccc(-c5ccccc5)cc4)c23)C1. The Balaban J connectivity index is 1.24. The molecule has 0 spiro atoms. The Hall–Kier alpha value is -8.58. The molecule has 0 atom stereocenters. The van der Waals surface area contributed by atoms with Crippen molar-refractivity contribution in [2.24, 2.45) is 0 Å². The lowest BCUT2D eigenvalue weighted by Crippen LogP contribution is -1.99. The van der Waals surface area contributed by atoms with E-state index < -0.39 is 0 Å². The first kappa shape index (κ1) is 40.0. The van der Waals surface area contributed by atoms with Crippen LogP contribution in [0, 0.1) is 0 Å². The molecule has 0 bridgehead atoms. The number of hydrogen-bond acceptors (Lipinski definition) is 0. The summed E-state index contributed by atoms with van der Waals surface area (Å²) in [6.07, 6.45) is 10.2. The van der Waals surface area contributed by atoms with Crippen molar-refractivity contribution in [1.82, 2.24) is 0 Å². The molecule has 0 unspecified atom stereocenters. The topological polar surface area (TPSA) is 0 Å². The monoisotopic (exact) mass is 850 g/mol. The molecule has 0 heteroatoms. The first-order chi connectivity index (χ1) is 33.3. The highest BCUT2D eigenvalue weighted by Gasteiger charge is 2.27. The van der Waals surface area contributed by atoms with Gasteiger partial charge in [-0.1, -0.05) is 267 Å². The summed E-state index contributed by atoms with van der Waals surface area (Å²) >= 11 is 0. The van der Waals surface area contributed by atoms with Crippen LogP contribution in [-0.2, 0) is 0 Å². The summed E-state index contributed by atoms with van der Waals surface area (Å²) in [4.78, 5) is 0. The highest BCUT2D eigenvalue weighted by atomic mass is 14.3. The molecule has 0 amide bonds. The molecular weight excluding hydrogens is 805 g/mol. The van der Waals surface area contributed by atoms with E-state index in [4.69, 9.17) is 0 Å². The Morgan fingerprint density at radius 2 is 0.507 bits per heavy atom. The van der Waals surface area contributed by atoms with E-state index in [1.54, 1.807) is 0 Å². The second-order valence-electron chi connectivity index (χ2n) is 17.5. The number of hydrogen-bond donors (Lipinski definition) is 0. The third kappa shape index (κ3) is 7.40. The predicted molar refractivity (Wildman–Crippen MR) is 288 cm³/mol. The van der Waals surface area contributed by atoms with Crippen molar-refractivity contribution in [3.05, 3.63) is 278 Å². The minimum Gasteiger partial charge on any atom is -0.0795 e. The van der Waals surface area contributed by atoms with Crippen molar-refractivity contribution in [3.8, 4) is 66.8 Å². The van der Waals surface area contributed by atoms with Gasteiger partial charge >= 0.3 is 0 Å². The maximum atomic E-state index is 2.39. The molecule has 1 aliphatic carbocycles. The molecular formula is C67H46. The van der Waals surface area contributed by atoms with Crippen molar-refractivity contribution in [2.45, 2.75) is 6.42 Å². The normalized spacial score (nSPS) is 12.5. The molecule has 1 aliphatic rings. The summed E-state index contributed by atoms with van der Waals surface area (Å²) in [5.74, 6) is 0. The van der Waals surface area contributed by atoms with Crippen LogP contribution >= 0.6 is 0 Å². The van der Waals surface area contributed by atoms with Crippen LogP contribution in [0.2, 0.25) is 0 Å². The van der Waals surface area contributed by atoms with Gasteiger partial charge in [0.1, 0.15) is 0 Å². The second kappa shape index (κ2) is 17.4. The number of rotatable bonds is 8. The quantitative estimate of drug-likeness (QED) is 0.134. The Kier molecular flexibility index (Phi) is 10.4. The fourth-order valence-corrected chi connectivity index (χ4v) is 10.4. The number of benzene rings is 11. The van der Waals surface area contributed by atoms with Crippen LogP contribution in [0.3, 0.4) is 0 Å². The van der Waals surface area contributed by atoms with E-state index in [1.807, 2.05) is 0 Å². The molecule has 11 aromatic carbocycles. The van der Waals surface area contributed by atoms with Crippen molar-refractivity contribution in [1.29, 1.82) is 0 Å². The molecule has 0 saturated heterocycles. The molecule has 0 fully saturated rings. The summed E-state index contributed by atoms with van der Waals surface area (Å²) in [7, 11) is 0. The largest absolute Gasteiger partial charge is 0.0795 e. The maximum absolute atomic E-state index is 2.39. The van der Waals surface area contributed by atoms with Crippen LogP contribution in [-0.4, -0.2) is 0 Å². The first-order valence-corrected chi connectivity index (χ1v) is 23.3. The molecule has 0 aromatic heterocycles. The van der Waals surface area contributed by atoms with Gasteiger partial charge in [-0.05, 0) is 128 Å². The number of allylic oxidation sites excluding steroid dienone is 6. The molecule has 11 aromatic rings. The molecule has 0 saturated carbocycles. The lowest BCUT2D eigenvalue weighted by molar-refractivity contribution is 1.42. The minimum absolute atomic E-state index is 0.789. The molecule has 0 N–H and O–H groups in total. The number of fused-ring (bicyclic) bond motifs is 3. The van der Waals surface area contributed by atoms with Gasteiger partial charge in [0, 0.05) is 0 Å². The van der Waals surface area contributed by atoms with Crippen LogP contribution in [0.4, 0.5) is 0 Å². The lowest BCUT2D eigenvalue weighted by atomic mass is 9.77. The summed E-state index contributed by atoms with van der Waals surface area (Å²) in [6, 6.07) is 89.0. The Morgan fingerprint density at radius 3 is 0.881 bits per heavy atom. The van der Waals surface area contributed by atoms with Crippen molar-refractivity contribution >= 4 is 43.5 Å². The van der Waals surface area contributed by atoms with Crippen molar-refractivity contribution in [2.75, 3.05) is 0 Å². The van der Waals surface area contributed by atoms with E-state index in [0.29, 0.717) is 0 Å². The van der Waals surface area contributed by atoms with E-state index >= 15 is 0 Å². The Labute approximate surface area is 392 Å². The summed E-state index contributed by atoms with van der Waals surface area (Å²) in [5, 5.41) is 7.48. The highest BCUT2D eigenvalue weighted by molar-refractivity contribution is 6.32. The van der Waals surface area contributed by atoms with Crippen LogP contribution in [0.15, 0.2) is 267 Å². The molecule has 0 nitrogen and oxygen atoms in total. The van der Waals surface area contributed by atoms with E-state index in [-0.39, 0.29) is 0 Å². The second-order valence-corrected chi connectivity index (χ2v) is 17.5. The van der Waals surface area contributed by atoms with Crippen LogP contribution in [0.1, 0.15) is 17.5 Å². The average Bonchev–Trinajstić information content (AvgIpc) is 3.67. The molecule has 0 radical (unpaired) electrons. The molecule has 0 aliphatic heterocycles. The van der Waals surface area contributed by atoms with Crippen LogP contribution < -0.4 is 0 Å². The van der Waals surface area contributed by atoms with Gasteiger partial charge in [0.25, 0.3) is 0 Å². The standard InChI is InChI=1S/C67H46/c1-5-18-46(19-6-1)50-26-17-27-54(39-32-50)62-58-28-13-14-29-59(58)64(56-42-35-52(36-43-56)48-22-9-3-10-23-48)67-65(57-44-37-53(38-45-57)49-24-11-4-12-25-49)61-31-16-15-30-60(61)63(66(62)67)55-40-33-51(34-41-55)47-20-7-2-8-21-47/h1-26,28-45H,27H2. The molecule has 67 heavy (non-hydrogen) atoms. The fourth-order valence-electron chi connectivity index (χ4n) is 10.4. The van der Waals surface area contributed by atoms with Gasteiger partial charge in [-0.15, -0.1) is 0 Å². The molecule has 12 rings (SSSR count). The third-order valence-corrected chi connectivity index (χ3v) is 13.6. The predicted octanol–water partition coefficient (Wildman–Crippen LogP) is 18.6. The summed E-state index contributed by atoms with van der Waals surface area (Å²) in [5.41, 5.74) is 19.5. The lowest BCUT2D eigenvalue weighted by Gasteiger charge is -2.26. The van der Waals surface area contributed by atoms with Crippen LogP contribution in [0.25, 0.3) is 110 Å². The minimum atomic E-state index is 0.789. The smallest absolute Gasteiger partial charge is 0.000150 e. The third-order valence-electron chi connectivity index (χ3n) is 13.6. The fraction of sp³-hybridized carbons (Fsp3) is 0.0149. The molecule has 0 heterocycles. The van der Waals surface area contributed by atoms with Gasteiger partial charge in [-0.3, -0.25) is 0 Å². The van der Waals surface area contributed by atoms with Gasteiger partial charge < -0.3 is 0 Å². The van der Waals surface area contributed by atoms with Gasteiger partial charge in [0.2, 0.25) is 0 Å². The van der Waals surface area contributed by atoms with E-state index in [1.165, 1.54) is 121 Å². The van der Waals surface area contributed by atoms with Crippen LogP contribution in [0.5, 0.6) is 0 Å². The zero-order valence-electron chi connectivity index (χ0n) is 37.1.